The van der Waals surface area contributed by atoms with Crippen LogP contribution in [0, 0.1) is 0 Å². The van der Waals surface area contributed by atoms with Crippen molar-refractivity contribution in [1.29, 1.82) is 0 Å². The Balaban J connectivity index is 1.88. The molecule has 3 nitrogen and oxygen atoms in total. The molecule has 3 aromatic rings. The van der Waals surface area contributed by atoms with Gasteiger partial charge in [0.05, 0.1) is 12.5 Å². The third kappa shape index (κ3) is 2.27. The molecule has 0 saturated heterocycles. The first-order chi connectivity index (χ1) is 9.38. The van der Waals surface area contributed by atoms with Gasteiger partial charge in [-0.1, -0.05) is 42.5 Å². The second-order valence-corrected chi connectivity index (χ2v) is 4.19. The van der Waals surface area contributed by atoms with Crippen molar-refractivity contribution in [2.45, 2.75) is 6.61 Å². The van der Waals surface area contributed by atoms with Gasteiger partial charge in [-0.3, -0.25) is 0 Å². The van der Waals surface area contributed by atoms with Crippen molar-refractivity contribution in [3.05, 3.63) is 60.2 Å². The van der Waals surface area contributed by atoms with E-state index in [2.05, 4.69) is 0 Å². The summed E-state index contributed by atoms with van der Waals surface area (Å²) in [7, 11) is 1.62. The predicted octanol–water partition coefficient (Wildman–Crippen LogP) is 4.02. The molecule has 96 valence electrons. The van der Waals surface area contributed by atoms with E-state index in [1.807, 2.05) is 54.6 Å². The Bertz CT molecular complexity index is 671. The number of fused-ring (bicyclic) bond motifs is 1. The fourth-order valence-corrected chi connectivity index (χ4v) is 2.01. The molecule has 0 N–H and O–H groups in total. The lowest BCUT2D eigenvalue weighted by molar-refractivity contribution is 0.223. The van der Waals surface area contributed by atoms with Gasteiger partial charge < -0.3 is 13.9 Å². The summed E-state index contributed by atoms with van der Waals surface area (Å²) >= 11 is 0. The van der Waals surface area contributed by atoms with Crippen LogP contribution in [0.15, 0.2) is 59.0 Å². The summed E-state index contributed by atoms with van der Waals surface area (Å²) in [6, 6.07) is 17.7. The van der Waals surface area contributed by atoms with Crippen LogP contribution in [0.25, 0.3) is 11.0 Å². The van der Waals surface area contributed by atoms with Crippen LogP contribution >= 0.6 is 0 Å². The van der Waals surface area contributed by atoms with E-state index in [0.717, 1.165) is 16.5 Å². The molecule has 1 heterocycles. The summed E-state index contributed by atoms with van der Waals surface area (Å²) in [4.78, 5) is 0. The third-order valence-corrected chi connectivity index (χ3v) is 2.94. The highest BCUT2D eigenvalue weighted by Gasteiger charge is 2.15. The quantitative estimate of drug-likeness (QED) is 0.704. The minimum absolute atomic E-state index is 0.424. The molecule has 0 aliphatic heterocycles. The minimum Gasteiger partial charge on any atom is -0.489 e. The number of para-hydroxylation sites is 1. The van der Waals surface area contributed by atoms with Crippen molar-refractivity contribution < 1.29 is 13.9 Å². The normalized spacial score (nSPS) is 10.6. The molecule has 0 unspecified atom stereocenters. The van der Waals surface area contributed by atoms with Gasteiger partial charge in [-0.25, -0.2) is 0 Å². The topological polar surface area (TPSA) is 31.6 Å². The lowest BCUT2D eigenvalue weighted by Gasteiger charge is -2.04. The predicted molar refractivity (Wildman–Crippen MR) is 73.5 cm³/mol. The Hall–Kier alpha value is -2.42. The van der Waals surface area contributed by atoms with E-state index in [-0.39, 0.29) is 0 Å². The highest BCUT2D eigenvalue weighted by molar-refractivity contribution is 5.86. The molecule has 3 heteroatoms. The summed E-state index contributed by atoms with van der Waals surface area (Å²) in [5.74, 6) is 1.07. The Morgan fingerprint density at radius 2 is 1.68 bits per heavy atom. The van der Waals surface area contributed by atoms with Gasteiger partial charge in [-0.05, 0) is 17.7 Å². The molecule has 19 heavy (non-hydrogen) atoms. The van der Waals surface area contributed by atoms with E-state index < -0.39 is 0 Å². The van der Waals surface area contributed by atoms with E-state index in [4.69, 9.17) is 13.9 Å². The molecular weight excluding hydrogens is 240 g/mol. The van der Waals surface area contributed by atoms with Crippen LogP contribution in [-0.2, 0) is 6.61 Å². The molecule has 0 radical (unpaired) electrons. The van der Waals surface area contributed by atoms with Gasteiger partial charge >= 0.3 is 5.95 Å². The number of furan rings is 1. The van der Waals surface area contributed by atoms with E-state index in [9.17, 15) is 0 Å². The largest absolute Gasteiger partial charge is 0.489 e. The van der Waals surface area contributed by atoms with Gasteiger partial charge in [0.1, 0.15) is 12.2 Å². The van der Waals surface area contributed by atoms with Crippen molar-refractivity contribution in [3.8, 4) is 11.7 Å². The lowest BCUT2D eigenvalue weighted by Crippen LogP contribution is -1.95. The number of hydrogen-bond donors (Lipinski definition) is 0. The van der Waals surface area contributed by atoms with Crippen LogP contribution in [0.3, 0.4) is 0 Å². The first-order valence-electron chi connectivity index (χ1n) is 6.11. The van der Waals surface area contributed by atoms with Crippen molar-refractivity contribution in [3.63, 3.8) is 0 Å². The van der Waals surface area contributed by atoms with Gasteiger partial charge in [0.25, 0.3) is 0 Å². The van der Waals surface area contributed by atoms with Gasteiger partial charge in [0.2, 0.25) is 5.75 Å². The number of benzene rings is 2. The van der Waals surface area contributed by atoms with Crippen LogP contribution < -0.4 is 9.47 Å². The molecule has 0 fully saturated rings. The van der Waals surface area contributed by atoms with Crippen LogP contribution in [0.4, 0.5) is 0 Å². The molecule has 1 aromatic heterocycles. The summed E-state index contributed by atoms with van der Waals surface area (Å²) in [5.41, 5.74) is 1.85. The van der Waals surface area contributed by atoms with Crippen LogP contribution in [-0.4, -0.2) is 7.11 Å². The van der Waals surface area contributed by atoms with Crippen molar-refractivity contribution in [2.24, 2.45) is 0 Å². The zero-order chi connectivity index (χ0) is 13.1. The summed E-state index contributed by atoms with van der Waals surface area (Å²) in [6.45, 7) is 0.455. The third-order valence-electron chi connectivity index (χ3n) is 2.94. The zero-order valence-corrected chi connectivity index (χ0v) is 10.6. The van der Waals surface area contributed by atoms with Crippen LogP contribution in [0.1, 0.15) is 5.56 Å². The molecule has 0 bridgehead atoms. The van der Waals surface area contributed by atoms with Crippen molar-refractivity contribution >= 4 is 11.0 Å². The zero-order valence-electron chi connectivity index (χ0n) is 10.6. The van der Waals surface area contributed by atoms with Crippen molar-refractivity contribution in [2.75, 3.05) is 7.11 Å². The smallest absolute Gasteiger partial charge is 0.330 e. The first-order valence-corrected chi connectivity index (χ1v) is 6.11. The monoisotopic (exact) mass is 254 g/mol. The Morgan fingerprint density at radius 3 is 2.47 bits per heavy atom. The molecule has 0 amide bonds. The fourth-order valence-electron chi connectivity index (χ4n) is 2.01. The number of hydrogen-bond acceptors (Lipinski definition) is 3. The molecule has 0 aliphatic carbocycles. The van der Waals surface area contributed by atoms with E-state index in [1.165, 1.54) is 0 Å². The standard InChI is InChI=1S/C16H14O3/c1-17-15-13-9-5-6-10-14(13)19-16(15)18-11-12-7-3-2-4-8-12/h2-10H,11H2,1H3. The van der Waals surface area contributed by atoms with Gasteiger partial charge in [-0.2, -0.15) is 0 Å². The molecular formula is C16H14O3. The van der Waals surface area contributed by atoms with E-state index >= 15 is 0 Å². The molecule has 0 atom stereocenters. The van der Waals surface area contributed by atoms with E-state index in [1.54, 1.807) is 7.11 Å². The maximum absolute atomic E-state index is 5.71. The maximum Gasteiger partial charge on any atom is 0.330 e. The number of rotatable bonds is 4. The molecule has 2 aromatic carbocycles. The summed E-state index contributed by atoms with van der Waals surface area (Å²) < 4.78 is 16.7. The average molecular weight is 254 g/mol. The summed E-state index contributed by atoms with van der Waals surface area (Å²) in [6.07, 6.45) is 0. The second-order valence-electron chi connectivity index (χ2n) is 4.19. The van der Waals surface area contributed by atoms with Gasteiger partial charge in [0, 0.05) is 0 Å². The van der Waals surface area contributed by atoms with Gasteiger partial charge in [0.15, 0.2) is 0 Å². The molecule has 0 spiro atoms. The Kier molecular flexibility index (Phi) is 3.11. The SMILES string of the molecule is COc1c(OCc2ccccc2)oc2ccccc12. The van der Waals surface area contributed by atoms with Crippen LogP contribution in [0.2, 0.25) is 0 Å². The van der Waals surface area contributed by atoms with Crippen molar-refractivity contribution in [1.82, 2.24) is 0 Å². The first kappa shape index (κ1) is 11.7. The average Bonchev–Trinajstić information content (AvgIpc) is 2.83. The lowest BCUT2D eigenvalue weighted by atomic mass is 10.2. The highest BCUT2D eigenvalue weighted by Crippen LogP contribution is 2.39. The maximum atomic E-state index is 5.71. The fraction of sp³-hybridized carbons (Fsp3) is 0.125. The van der Waals surface area contributed by atoms with Gasteiger partial charge in [-0.15, -0.1) is 0 Å². The molecule has 0 aliphatic rings. The van der Waals surface area contributed by atoms with E-state index in [0.29, 0.717) is 18.3 Å². The highest BCUT2D eigenvalue weighted by atomic mass is 16.6. The molecule has 0 saturated carbocycles. The molecule has 3 rings (SSSR count). The Morgan fingerprint density at radius 1 is 0.947 bits per heavy atom. The number of ether oxygens (including phenoxy) is 2. The minimum atomic E-state index is 0.424. The second kappa shape index (κ2) is 5.06. The number of methoxy groups -OCH3 is 1. The van der Waals surface area contributed by atoms with Crippen LogP contribution in [0.5, 0.6) is 11.7 Å². The summed E-state index contributed by atoms with van der Waals surface area (Å²) in [5, 5.41) is 0.924. The Labute approximate surface area is 111 Å².